The summed E-state index contributed by atoms with van der Waals surface area (Å²) in [6, 6.07) is 20.0. The molecule has 4 rings (SSSR count). The van der Waals surface area contributed by atoms with Crippen molar-refractivity contribution in [3.8, 4) is 0 Å². The monoisotopic (exact) mass is 810 g/mol. The zero-order chi connectivity index (χ0) is 42.9. The highest BCUT2D eigenvalue weighted by molar-refractivity contribution is 6.00. The molecule has 15 heteroatoms. The van der Waals surface area contributed by atoms with E-state index < -0.39 is 78.0 Å². The molecule has 59 heavy (non-hydrogen) atoms. The molecule has 4 aromatic rings. The van der Waals surface area contributed by atoms with E-state index in [-0.39, 0.29) is 32.5 Å². The van der Waals surface area contributed by atoms with Gasteiger partial charge in [0.25, 0.3) is 0 Å². The van der Waals surface area contributed by atoms with E-state index in [9.17, 15) is 33.6 Å². The smallest absolute Gasteiger partial charge is 0.318 e. The number of nitrogens with one attached hydrogen (secondary N) is 4. The minimum absolute atomic E-state index is 0.00476. The van der Waals surface area contributed by atoms with Gasteiger partial charge >= 0.3 is 11.9 Å². The Morgan fingerprint density at radius 3 is 1.98 bits per heavy atom. The first-order valence-corrected chi connectivity index (χ1v) is 19.7. The molecular formula is C44H54N6O9. The normalized spacial score (nSPS) is 13.5. The van der Waals surface area contributed by atoms with E-state index in [1.54, 1.807) is 67.7 Å². The molecule has 1 unspecified atom stereocenters. The molecule has 0 saturated heterocycles. The van der Waals surface area contributed by atoms with Gasteiger partial charge < -0.3 is 41.0 Å². The molecule has 0 radical (unpaired) electrons. The first-order valence-electron chi connectivity index (χ1n) is 19.7. The second-order valence-electron chi connectivity index (χ2n) is 14.3. The second kappa shape index (κ2) is 22.4. The van der Waals surface area contributed by atoms with Gasteiger partial charge in [0.2, 0.25) is 29.5 Å². The summed E-state index contributed by atoms with van der Waals surface area (Å²) in [4.78, 5) is 98.7. The number of nitrogens with zero attached hydrogens (tertiary/aromatic N) is 1. The van der Waals surface area contributed by atoms with Crippen LogP contribution in [0.25, 0.3) is 10.9 Å². The number of aromatic nitrogens is 1. The number of unbranched alkanes of at least 4 members (excludes halogenated alkanes) is 1. The average molecular weight is 811 g/mol. The number of carbonyl (C=O) groups is 7. The van der Waals surface area contributed by atoms with Gasteiger partial charge in [-0.05, 0) is 43.0 Å². The lowest BCUT2D eigenvalue weighted by atomic mass is 10.0. The number of esters is 2. The first kappa shape index (κ1) is 45.2. The maximum atomic E-state index is 14.5. The maximum Gasteiger partial charge on any atom is 0.318 e. The van der Waals surface area contributed by atoms with Gasteiger partial charge in [0, 0.05) is 37.0 Å². The number of rotatable bonds is 22. The van der Waals surface area contributed by atoms with Crippen LogP contribution in [0, 0.1) is 5.92 Å². The van der Waals surface area contributed by atoms with E-state index in [0.717, 1.165) is 10.9 Å². The number of hydrogen-bond acceptors (Lipinski definition) is 9. The third kappa shape index (κ3) is 13.3. The summed E-state index contributed by atoms with van der Waals surface area (Å²) in [5.41, 5.74) is 8.61. The number of H-pyrrole nitrogens is 1. The number of fused-ring (bicyclic) bond motifs is 1. The van der Waals surface area contributed by atoms with E-state index in [1.165, 1.54) is 18.9 Å². The summed E-state index contributed by atoms with van der Waals surface area (Å²) in [5.74, 6) is -6.64. The number of aromatic amines is 1. The zero-order valence-electron chi connectivity index (χ0n) is 33.9. The van der Waals surface area contributed by atoms with Crippen LogP contribution in [0.3, 0.4) is 0 Å². The van der Waals surface area contributed by atoms with Crippen molar-refractivity contribution in [3.05, 3.63) is 108 Å². The van der Waals surface area contributed by atoms with Gasteiger partial charge in [-0.25, -0.2) is 0 Å². The molecule has 0 bridgehead atoms. The van der Waals surface area contributed by atoms with Crippen molar-refractivity contribution in [3.63, 3.8) is 0 Å². The summed E-state index contributed by atoms with van der Waals surface area (Å²) in [6.45, 7) is 4.87. The lowest BCUT2D eigenvalue weighted by molar-refractivity contribution is -0.152. The Bertz CT molecular complexity index is 2050. The Labute approximate surface area is 343 Å². The number of amides is 5. The van der Waals surface area contributed by atoms with Gasteiger partial charge in [-0.3, -0.25) is 33.6 Å². The van der Waals surface area contributed by atoms with Crippen LogP contribution in [-0.2, 0) is 62.5 Å². The van der Waals surface area contributed by atoms with Crippen LogP contribution in [0.5, 0.6) is 0 Å². The van der Waals surface area contributed by atoms with Crippen LogP contribution in [0.1, 0.15) is 63.1 Å². The van der Waals surface area contributed by atoms with E-state index >= 15 is 0 Å². The predicted molar refractivity (Wildman–Crippen MR) is 220 cm³/mol. The topological polar surface area (TPSA) is 219 Å². The number of hydrogen-bond donors (Lipinski definition) is 5. The summed E-state index contributed by atoms with van der Waals surface area (Å²) in [7, 11) is 1.41. The first-order chi connectivity index (χ1) is 28.3. The number of para-hydroxylation sites is 1. The fourth-order valence-electron chi connectivity index (χ4n) is 6.47. The maximum absolute atomic E-state index is 14.5. The largest absolute Gasteiger partial charge is 0.465 e. The Hall–Kier alpha value is -6.51. The van der Waals surface area contributed by atoms with Gasteiger partial charge in [0.05, 0.1) is 13.0 Å². The molecule has 6 N–H and O–H groups in total. The van der Waals surface area contributed by atoms with E-state index in [2.05, 4.69) is 20.9 Å². The van der Waals surface area contributed by atoms with Crippen LogP contribution in [0.15, 0.2) is 91.1 Å². The molecule has 15 nitrogen and oxygen atoms in total. The van der Waals surface area contributed by atoms with E-state index in [4.69, 9.17) is 15.2 Å². The average Bonchev–Trinajstić information content (AvgIpc) is 3.64. The van der Waals surface area contributed by atoms with Crippen molar-refractivity contribution < 1.29 is 43.0 Å². The van der Waals surface area contributed by atoms with Crippen LogP contribution < -0.4 is 21.7 Å². The zero-order valence-corrected chi connectivity index (χ0v) is 33.9. The third-order valence-corrected chi connectivity index (χ3v) is 9.88. The van der Waals surface area contributed by atoms with Crippen molar-refractivity contribution in [2.45, 2.75) is 90.1 Å². The fraction of sp³-hybridized carbons (Fsp3) is 0.386. The lowest BCUT2D eigenvalue weighted by Crippen LogP contribution is -2.59. The van der Waals surface area contributed by atoms with Crippen LogP contribution in [-0.4, -0.2) is 89.2 Å². The molecule has 5 atom stereocenters. The highest BCUT2D eigenvalue weighted by atomic mass is 16.5. The predicted octanol–water partition coefficient (Wildman–Crippen LogP) is 3.24. The fourth-order valence-corrected chi connectivity index (χ4v) is 6.47. The van der Waals surface area contributed by atoms with Crippen molar-refractivity contribution >= 4 is 52.4 Å². The van der Waals surface area contributed by atoms with Gasteiger partial charge in [-0.1, -0.05) is 98.6 Å². The number of ether oxygens (including phenoxy) is 2. The molecule has 1 aromatic heterocycles. The molecule has 0 fully saturated rings. The molecular weight excluding hydrogens is 757 g/mol. The molecule has 0 spiro atoms. The number of nitrogens with two attached hydrogens (primary N) is 1. The lowest BCUT2D eigenvalue weighted by Gasteiger charge is -2.32. The quantitative estimate of drug-likeness (QED) is 0.0581. The Morgan fingerprint density at radius 1 is 0.729 bits per heavy atom. The van der Waals surface area contributed by atoms with Gasteiger partial charge in [0.15, 0.2) is 0 Å². The molecule has 0 saturated carbocycles. The van der Waals surface area contributed by atoms with Crippen molar-refractivity contribution in [1.82, 2.24) is 25.8 Å². The van der Waals surface area contributed by atoms with Crippen LogP contribution in [0.4, 0.5) is 0 Å². The van der Waals surface area contributed by atoms with Crippen molar-refractivity contribution in [1.29, 1.82) is 0 Å². The van der Waals surface area contributed by atoms with E-state index in [0.29, 0.717) is 29.5 Å². The molecule has 1 heterocycles. The van der Waals surface area contributed by atoms with Crippen molar-refractivity contribution in [2.75, 3.05) is 13.7 Å². The summed E-state index contributed by atoms with van der Waals surface area (Å²) >= 11 is 0. The molecule has 0 aliphatic heterocycles. The van der Waals surface area contributed by atoms with E-state index in [1.807, 2.05) is 37.3 Å². The minimum Gasteiger partial charge on any atom is -0.465 e. The Kier molecular flexibility index (Phi) is 17.2. The van der Waals surface area contributed by atoms with Crippen LogP contribution >= 0.6 is 0 Å². The number of carbonyl (C=O) groups excluding carboxylic acids is 7. The molecule has 3 aromatic carbocycles. The second-order valence-corrected chi connectivity index (χ2v) is 14.3. The highest BCUT2D eigenvalue weighted by Gasteiger charge is 2.37. The molecule has 0 aliphatic rings. The Morgan fingerprint density at radius 2 is 1.34 bits per heavy atom. The standard InChI is InChI=1S/C44H54N6O9/c1-5-7-22-37(50(4)43(56)36(49-40(53)28(3)44(57)58-6-2)24-31-26-46-33-21-15-14-20-32(31)33)42(55)48-35(25-38(51)59-27-30-18-12-9-13-19-30)41(54)47-34(39(45)52)23-29-16-10-8-11-17-29/h8-21,26,28,34-37,46H,5-7,22-25,27H2,1-4H3,(H2,45,52)(H,47,54)(H,48,55)(H,49,53)/t28?,34-,35-,36-,37-/m0/s1. The number of benzene rings is 3. The highest BCUT2D eigenvalue weighted by Crippen LogP contribution is 2.21. The summed E-state index contributed by atoms with van der Waals surface area (Å²) in [5, 5.41) is 8.75. The molecule has 0 aliphatic carbocycles. The minimum atomic E-state index is -1.54. The van der Waals surface area contributed by atoms with Gasteiger partial charge in [-0.2, -0.15) is 0 Å². The van der Waals surface area contributed by atoms with Gasteiger partial charge in [-0.15, -0.1) is 0 Å². The summed E-state index contributed by atoms with van der Waals surface area (Å²) in [6.07, 6.45) is 2.47. The van der Waals surface area contributed by atoms with Gasteiger partial charge in [0.1, 0.15) is 36.7 Å². The number of likely N-dealkylation sites (N-methyl/N-ethyl adjacent to an activating group) is 1. The van der Waals surface area contributed by atoms with Crippen LogP contribution in [0.2, 0.25) is 0 Å². The van der Waals surface area contributed by atoms with Crippen molar-refractivity contribution in [2.24, 2.45) is 11.7 Å². The summed E-state index contributed by atoms with van der Waals surface area (Å²) < 4.78 is 10.5. The Balaban J connectivity index is 1.61. The number of primary amides is 1. The molecule has 5 amide bonds. The molecule has 314 valence electrons. The third-order valence-electron chi connectivity index (χ3n) is 9.88. The SMILES string of the molecule is CCCC[C@@H](C(=O)N[C@@H](CC(=O)OCc1ccccc1)C(=O)N[C@@H](Cc1ccccc1)C(N)=O)N(C)C(=O)[C@H](Cc1c[nH]c2ccccc12)NC(=O)C(C)C(=O)OCC.